The first-order valence-electron chi connectivity index (χ1n) is 8.70. The molecule has 1 spiro atoms. The highest BCUT2D eigenvalue weighted by Crippen LogP contribution is 2.51. The predicted octanol–water partition coefficient (Wildman–Crippen LogP) is 5.50. The van der Waals surface area contributed by atoms with Gasteiger partial charge in [0.2, 0.25) is 0 Å². The second-order valence-corrected chi connectivity index (χ2v) is 8.04. The normalized spacial score (nSPS) is 33.8. The minimum absolute atomic E-state index is 0.559. The monoisotopic (exact) mass is 349 g/mol. The summed E-state index contributed by atoms with van der Waals surface area (Å²) >= 11 is 3.57. The van der Waals surface area contributed by atoms with Crippen molar-refractivity contribution in [2.45, 2.75) is 57.8 Å². The zero-order chi connectivity index (χ0) is 14.7. The molecule has 2 aliphatic rings. The fraction of sp³-hybridized carbons (Fsp3) is 0.684. The van der Waals surface area contributed by atoms with Crippen molar-refractivity contribution in [1.82, 2.24) is 5.32 Å². The summed E-state index contributed by atoms with van der Waals surface area (Å²) < 4.78 is 1.19. The average Bonchev–Trinajstić information content (AvgIpc) is 2.72. The standard InChI is InChI=1S/C19H28BrN/c1-2-15-4-3-10-19(11-9-15)12-13-21-14-18(19)16-5-7-17(20)8-6-16/h5-8,15,18,21H,2-4,9-14H2,1H3. The Morgan fingerprint density at radius 2 is 1.95 bits per heavy atom. The Morgan fingerprint density at radius 3 is 2.71 bits per heavy atom. The van der Waals surface area contributed by atoms with Crippen molar-refractivity contribution in [3.8, 4) is 0 Å². The zero-order valence-corrected chi connectivity index (χ0v) is 14.8. The minimum atomic E-state index is 0.559. The maximum Gasteiger partial charge on any atom is 0.0175 e. The molecule has 0 aromatic heterocycles. The molecule has 1 aromatic rings. The van der Waals surface area contributed by atoms with Crippen LogP contribution in [0, 0.1) is 11.3 Å². The van der Waals surface area contributed by atoms with Crippen LogP contribution in [0.1, 0.15) is 63.4 Å². The largest absolute Gasteiger partial charge is 0.316 e. The Morgan fingerprint density at radius 1 is 1.14 bits per heavy atom. The van der Waals surface area contributed by atoms with E-state index in [4.69, 9.17) is 0 Å². The highest BCUT2D eigenvalue weighted by atomic mass is 79.9. The van der Waals surface area contributed by atoms with Gasteiger partial charge in [-0.2, -0.15) is 0 Å². The summed E-state index contributed by atoms with van der Waals surface area (Å²) in [4.78, 5) is 0. The minimum Gasteiger partial charge on any atom is -0.316 e. The highest BCUT2D eigenvalue weighted by molar-refractivity contribution is 9.10. The van der Waals surface area contributed by atoms with Gasteiger partial charge < -0.3 is 5.32 Å². The van der Waals surface area contributed by atoms with Crippen LogP contribution in [0.25, 0.3) is 0 Å². The molecule has 1 nitrogen and oxygen atoms in total. The van der Waals surface area contributed by atoms with Crippen molar-refractivity contribution >= 4 is 15.9 Å². The molecule has 1 saturated carbocycles. The Bertz CT molecular complexity index is 455. The van der Waals surface area contributed by atoms with Crippen LogP contribution < -0.4 is 5.32 Å². The van der Waals surface area contributed by atoms with Crippen LogP contribution >= 0.6 is 15.9 Å². The molecule has 3 unspecified atom stereocenters. The van der Waals surface area contributed by atoms with Crippen LogP contribution in [0.4, 0.5) is 0 Å². The van der Waals surface area contributed by atoms with Gasteiger partial charge in [0.1, 0.15) is 0 Å². The smallest absolute Gasteiger partial charge is 0.0175 e. The van der Waals surface area contributed by atoms with E-state index in [0.29, 0.717) is 11.3 Å². The molecule has 21 heavy (non-hydrogen) atoms. The third-order valence-electron chi connectivity index (χ3n) is 6.07. The molecule has 0 bridgehead atoms. The Balaban J connectivity index is 1.84. The molecule has 1 N–H and O–H groups in total. The molecule has 1 aliphatic carbocycles. The van der Waals surface area contributed by atoms with E-state index in [1.165, 1.54) is 62.5 Å². The van der Waals surface area contributed by atoms with Gasteiger partial charge in [-0.3, -0.25) is 0 Å². The molecule has 2 heteroatoms. The number of rotatable bonds is 2. The molecule has 3 atom stereocenters. The molecule has 2 fully saturated rings. The summed E-state index contributed by atoms with van der Waals surface area (Å²) in [7, 11) is 0. The van der Waals surface area contributed by atoms with E-state index in [1.807, 2.05) is 0 Å². The van der Waals surface area contributed by atoms with E-state index < -0.39 is 0 Å². The van der Waals surface area contributed by atoms with Crippen molar-refractivity contribution in [3.05, 3.63) is 34.3 Å². The lowest BCUT2D eigenvalue weighted by atomic mass is 9.63. The topological polar surface area (TPSA) is 12.0 Å². The summed E-state index contributed by atoms with van der Waals surface area (Å²) in [5.74, 6) is 1.68. The van der Waals surface area contributed by atoms with Crippen LogP contribution in [-0.4, -0.2) is 13.1 Å². The molecule has 116 valence electrons. The second-order valence-electron chi connectivity index (χ2n) is 7.13. The predicted molar refractivity (Wildman–Crippen MR) is 93.7 cm³/mol. The van der Waals surface area contributed by atoms with Crippen LogP contribution in [0.3, 0.4) is 0 Å². The van der Waals surface area contributed by atoms with Gasteiger partial charge in [0.15, 0.2) is 0 Å². The first-order valence-corrected chi connectivity index (χ1v) is 9.49. The zero-order valence-electron chi connectivity index (χ0n) is 13.2. The number of nitrogens with one attached hydrogen (secondary N) is 1. The number of benzene rings is 1. The summed E-state index contributed by atoms with van der Waals surface area (Å²) in [5.41, 5.74) is 2.10. The Kier molecular flexibility index (Phi) is 5.06. The summed E-state index contributed by atoms with van der Waals surface area (Å²) in [6.45, 7) is 4.75. The Hall–Kier alpha value is -0.340. The molecule has 1 aromatic carbocycles. The summed E-state index contributed by atoms with van der Waals surface area (Å²) in [5, 5.41) is 3.65. The lowest BCUT2D eigenvalue weighted by Crippen LogP contribution is -2.43. The second kappa shape index (κ2) is 6.83. The highest BCUT2D eigenvalue weighted by Gasteiger charge is 2.42. The van der Waals surface area contributed by atoms with E-state index in [2.05, 4.69) is 52.4 Å². The SMILES string of the molecule is CCC1CCCC2(CCNCC2c2ccc(Br)cc2)CC1. The molecule has 1 saturated heterocycles. The lowest BCUT2D eigenvalue weighted by molar-refractivity contribution is 0.134. The van der Waals surface area contributed by atoms with Crippen LogP contribution in [0.2, 0.25) is 0 Å². The van der Waals surface area contributed by atoms with Gasteiger partial charge in [-0.05, 0) is 61.3 Å². The van der Waals surface area contributed by atoms with E-state index in [-0.39, 0.29) is 0 Å². The third-order valence-corrected chi connectivity index (χ3v) is 6.60. The Labute approximate surface area is 138 Å². The number of hydrogen-bond acceptors (Lipinski definition) is 1. The van der Waals surface area contributed by atoms with Gasteiger partial charge in [-0.25, -0.2) is 0 Å². The van der Waals surface area contributed by atoms with E-state index in [1.54, 1.807) is 5.56 Å². The van der Waals surface area contributed by atoms with Gasteiger partial charge >= 0.3 is 0 Å². The van der Waals surface area contributed by atoms with Crippen molar-refractivity contribution < 1.29 is 0 Å². The fourth-order valence-corrected chi connectivity index (χ4v) is 4.92. The molecule has 1 heterocycles. The van der Waals surface area contributed by atoms with Gasteiger partial charge in [0.05, 0.1) is 0 Å². The van der Waals surface area contributed by atoms with Crippen LogP contribution in [0.5, 0.6) is 0 Å². The number of piperidine rings is 1. The molecule has 0 radical (unpaired) electrons. The fourth-order valence-electron chi connectivity index (χ4n) is 4.65. The van der Waals surface area contributed by atoms with Gasteiger partial charge in [0, 0.05) is 16.9 Å². The maximum atomic E-state index is 3.65. The van der Waals surface area contributed by atoms with E-state index >= 15 is 0 Å². The van der Waals surface area contributed by atoms with E-state index in [9.17, 15) is 0 Å². The molecule has 1 aliphatic heterocycles. The third kappa shape index (κ3) is 3.37. The van der Waals surface area contributed by atoms with Crippen molar-refractivity contribution in [2.24, 2.45) is 11.3 Å². The molecule has 0 amide bonds. The van der Waals surface area contributed by atoms with Gasteiger partial charge in [-0.15, -0.1) is 0 Å². The van der Waals surface area contributed by atoms with Crippen LogP contribution in [0.15, 0.2) is 28.7 Å². The summed E-state index contributed by atoms with van der Waals surface area (Å²) in [6.07, 6.45) is 9.95. The summed E-state index contributed by atoms with van der Waals surface area (Å²) in [6, 6.07) is 9.10. The lowest BCUT2D eigenvalue weighted by Gasteiger charge is -2.45. The molecular weight excluding hydrogens is 322 g/mol. The first-order chi connectivity index (χ1) is 10.2. The number of hydrogen-bond donors (Lipinski definition) is 1. The molecular formula is C19H28BrN. The number of halogens is 1. The van der Waals surface area contributed by atoms with Gasteiger partial charge in [-0.1, -0.05) is 54.2 Å². The average molecular weight is 350 g/mol. The maximum absolute atomic E-state index is 3.65. The first kappa shape index (κ1) is 15.6. The van der Waals surface area contributed by atoms with Crippen molar-refractivity contribution in [2.75, 3.05) is 13.1 Å². The van der Waals surface area contributed by atoms with Crippen molar-refractivity contribution in [3.63, 3.8) is 0 Å². The molecule has 3 rings (SSSR count). The van der Waals surface area contributed by atoms with Crippen molar-refractivity contribution in [1.29, 1.82) is 0 Å². The quantitative estimate of drug-likeness (QED) is 0.742. The van der Waals surface area contributed by atoms with Crippen LogP contribution in [-0.2, 0) is 0 Å². The van der Waals surface area contributed by atoms with Gasteiger partial charge in [0.25, 0.3) is 0 Å². The van der Waals surface area contributed by atoms with E-state index in [0.717, 1.165) is 5.92 Å².